The molecule has 2 saturated heterocycles. The van der Waals surface area contributed by atoms with Crippen molar-refractivity contribution in [2.45, 2.75) is 18.4 Å². The number of morpholine rings is 1. The number of hydrogen-bond donors (Lipinski definition) is 0. The van der Waals surface area contributed by atoms with Crippen molar-refractivity contribution >= 4 is 11.8 Å². The molecule has 1 atom stereocenters. The van der Waals surface area contributed by atoms with E-state index in [1.54, 1.807) is 17.2 Å². The number of carbonyl (C=O) groups is 2. The summed E-state index contributed by atoms with van der Waals surface area (Å²) in [4.78, 5) is 33.0. The maximum atomic E-state index is 12.6. The van der Waals surface area contributed by atoms with Gasteiger partial charge in [-0.05, 0) is 24.6 Å². The van der Waals surface area contributed by atoms with Gasteiger partial charge in [0, 0.05) is 25.0 Å². The summed E-state index contributed by atoms with van der Waals surface area (Å²) in [6.45, 7) is 2.66. The van der Waals surface area contributed by atoms with Crippen molar-refractivity contribution in [2.24, 2.45) is 0 Å². The average Bonchev–Trinajstić information content (AvgIpc) is 3.33. The Morgan fingerprint density at radius 3 is 2.81 bits per heavy atom. The van der Waals surface area contributed by atoms with Crippen molar-refractivity contribution in [2.75, 3.05) is 32.8 Å². The van der Waals surface area contributed by atoms with Crippen LogP contribution in [0.2, 0.25) is 0 Å². The van der Waals surface area contributed by atoms with Gasteiger partial charge < -0.3 is 19.0 Å². The lowest BCUT2D eigenvalue weighted by Crippen LogP contribution is -2.55. The number of likely N-dealkylation sites (tertiary alicyclic amines) is 1. The maximum absolute atomic E-state index is 12.6. The van der Waals surface area contributed by atoms with Crippen LogP contribution in [0.25, 0.3) is 0 Å². The van der Waals surface area contributed by atoms with Crippen molar-refractivity contribution in [3.63, 3.8) is 0 Å². The van der Waals surface area contributed by atoms with Crippen LogP contribution in [-0.4, -0.2) is 65.0 Å². The Hall–Kier alpha value is -2.67. The minimum absolute atomic E-state index is 0.0439. The Balaban J connectivity index is 1.40. The first kappa shape index (κ1) is 16.8. The Morgan fingerprint density at radius 2 is 2.04 bits per heavy atom. The fourth-order valence-electron chi connectivity index (χ4n) is 3.66. The molecule has 2 amide bonds. The molecule has 0 radical (unpaired) electrons. The minimum Gasteiger partial charge on any atom is -0.472 e. The van der Waals surface area contributed by atoms with Crippen LogP contribution >= 0.6 is 0 Å². The van der Waals surface area contributed by atoms with Crippen LogP contribution in [0.1, 0.15) is 22.5 Å². The maximum Gasteiger partial charge on any atom is 0.257 e. The fraction of sp³-hybridized carbons (Fsp3) is 0.421. The van der Waals surface area contributed by atoms with Crippen LogP contribution in [0, 0.1) is 0 Å². The number of carbonyl (C=O) groups excluding carboxylic acids is 2. The molecule has 4 rings (SSSR count). The standard InChI is InChI=1S/C19H21N3O4/c23-17(11-16-3-1-2-6-20-16)21-7-5-19(13-21)14-22(8-10-26-19)18(24)15-4-9-25-12-15/h1-4,6,9,12H,5,7-8,10-11,13-14H2/t19-/m0/s1. The summed E-state index contributed by atoms with van der Waals surface area (Å²) < 4.78 is 11.0. The molecule has 0 aliphatic carbocycles. The zero-order chi connectivity index (χ0) is 18.0. The number of amides is 2. The lowest BCUT2D eigenvalue weighted by molar-refractivity contribution is -0.133. The summed E-state index contributed by atoms with van der Waals surface area (Å²) in [6.07, 6.45) is 5.67. The van der Waals surface area contributed by atoms with E-state index in [0.717, 1.165) is 12.1 Å². The number of rotatable bonds is 3. The van der Waals surface area contributed by atoms with Crippen LogP contribution in [0.5, 0.6) is 0 Å². The molecule has 2 aliphatic heterocycles. The number of furan rings is 1. The Labute approximate surface area is 151 Å². The summed E-state index contributed by atoms with van der Waals surface area (Å²) in [5.41, 5.74) is 0.833. The molecule has 0 saturated carbocycles. The Bertz CT molecular complexity index is 777. The molecule has 2 aliphatic rings. The first-order valence-corrected chi connectivity index (χ1v) is 8.78. The molecule has 0 aromatic carbocycles. The smallest absolute Gasteiger partial charge is 0.257 e. The van der Waals surface area contributed by atoms with Crippen LogP contribution < -0.4 is 0 Å². The second-order valence-corrected chi connectivity index (χ2v) is 6.83. The highest BCUT2D eigenvalue weighted by atomic mass is 16.5. The predicted molar refractivity (Wildman–Crippen MR) is 92.4 cm³/mol. The van der Waals surface area contributed by atoms with Crippen molar-refractivity contribution in [1.29, 1.82) is 0 Å². The van der Waals surface area contributed by atoms with Crippen molar-refractivity contribution < 1.29 is 18.7 Å². The van der Waals surface area contributed by atoms with Gasteiger partial charge >= 0.3 is 0 Å². The molecule has 0 bridgehead atoms. The molecule has 7 nitrogen and oxygen atoms in total. The number of hydrogen-bond acceptors (Lipinski definition) is 5. The molecule has 0 N–H and O–H groups in total. The molecule has 136 valence electrons. The van der Waals surface area contributed by atoms with Gasteiger partial charge in [-0.3, -0.25) is 14.6 Å². The number of pyridine rings is 1. The van der Waals surface area contributed by atoms with Crippen molar-refractivity contribution in [3.05, 3.63) is 54.2 Å². The van der Waals surface area contributed by atoms with Crippen LogP contribution in [0.4, 0.5) is 0 Å². The summed E-state index contributed by atoms with van der Waals surface area (Å²) in [6, 6.07) is 7.24. The minimum atomic E-state index is -0.475. The van der Waals surface area contributed by atoms with E-state index in [4.69, 9.17) is 9.15 Å². The lowest BCUT2D eigenvalue weighted by Gasteiger charge is -2.40. The van der Waals surface area contributed by atoms with Gasteiger partial charge in [-0.1, -0.05) is 6.07 Å². The van der Waals surface area contributed by atoms with Gasteiger partial charge in [0.1, 0.15) is 11.9 Å². The molecule has 7 heteroatoms. The number of nitrogens with zero attached hydrogens (tertiary/aromatic N) is 3. The Morgan fingerprint density at radius 1 is 1.15 bits per heavy atom. The van der Waals surface area contributed by atoms with Crippen LogP contribution in [0.3, 0.4) is 0 Å². The quantitative estimate of drug-likeness (QED) is 0.831. The van der Waals surface area contributed by atoms with Gasteiger partial charge in [-0.15, -0.1) is 0 Å². The average molecular weight is 355 g/mol. The number of ether oxygens (including phenoxy) is 1. The van der Waals surface area contributed by atoms with E-state index in [1.807, 2.05) is 23.1 Å². The SMILES string of the molecule is O=C(Cc1ccccn1)N1CC[C@]2(C1)CN(C(=O)c1ccoc1)CCO2. The molecule has 26 heavy (non-hydrogen) atoms. The molecule has 2 aromatic heterocycles. The van der Waals surface area contributed by atoms with Crippen molar-refractivity contribution in [1.82, 2.24) is 14.8 Å². The highest BCUT2D eigenvalue weighted by Gasteiger charge is 2.45. The zero-order valence-corrected chi connectivity index (χ0v) is 14.5. The third-order valence-corrected chi connectivity index (χ3v) is 5.03. The summed E-state index contributed by atoms with van der Waals surface area (Å²) in [7, 11) is 0. The van der Waals surface area contributed by atoms with E-state index < -0.39 is 5.60 Å². The first-order chi connectivity index (χ1) is 12.7. The predicted octanol–water partition coefficient (Wildman–Crippen LogP) is 1.36. The number of aromatic nitrogens is 1. The lowest BCUT2D eigenvalue weighted by atomic mass is 10.00. The molecular formula is C19H21N3O4. The topological polar surface area (TPSA) is 75.9 Å². The van der Waals surface area contributed by atoms with Gasteiger partial charge in [0.2, 0.25) is 5.91 Å². The van der Waals surface area contributed by atoms with E-state index in [9.17, 15) is 9.59 Å². The normalized spacial score (nSPS) is 22.8. The second-order valence-electron chi connectivity index (χ2n) is 6.83. The van der Waals surface area contributed by atoms with Gasteiger partial charge in [-0.2, -0.15) is 0 Å². The van der Waals surface area contributed by atoms with Crippen LogP contribution in [-0.2, 0) is 16.0 Å². The zero-order valence-electron chi connectivity index (χ0n) is 14.5. The largest absolute Gasteiger partial charge is 0.472 e. The third-order valence-electron chi connectivity index (χ3n) is 5.03. The second kappa shape index (κ2) is 6.92. The van der Waals surface area contributed by atoms with Gasteiger partial charge in [0.15, 0.2) is 0 Å². The summed E-state index contributed by atoms with van der Waals surface area (Å²) in [5.74, 6) is -0.0119. The monoisotopic (exact) mass is 355 g/mol. The highest BCUT2D eigenvalue weighted by Crippen LogP contribution is 2.30. The highest BCUT2D eigenvalue weighted by molar-refractivity contribution is 5.94. The van der Waals surface area contributed by atoms with E-state index in [0.29, 0.717) is 38.3 Å². The summed E-state index contributed by atoms with van der Waals surface area (Å²) in [5, 5.41) is 0. The Kier molecular flexibility index (Phi) is 4.46. The molecule has 1 spiro atoms. The molecule has 0 unspecified atom stereocenters. The van der Waals surface area contributed by atoms with E-state index in [-0.39, 0.29) is 18.2 Å². The molecule has 4 heterocycles. The molecule has 2 fully saturated rings. The van der Waals surface area contributed by atoms with E-state index in [1.165, 1.54) is 12.5 Å². The first-order valence-electron chi connectivity index (χ1n) is 8.78. The molecule has 2 aromatic rings. The van der Waals surface area contributed by atoms with Gasteiger partial charge in [-0.25, -0.2) is 0 Å². The fourth-order valence-corrected chi connectivity index (χ4v) is 3.66. The van der Waals surface area contributed by atoms with E-state index >= 15 is 0 Å². The van der Waals surface area contributed by atoms with Gasteiger partial charge in [0.05, 0.1) is 37.9 Å². The van der Waals surface area contributed by atoms with Crippen molar-refractivity contribution in [3.8, 4) is 0 Å². The van der Waals surface area contributed by atoms with E-state index in [2.05, 4.69) is 4.98 Å². The summed E-state index contributed by atoms with van der Waals surface area (Å²) >= 11 is 0. The van der Waals surface area contributed by atoms with Gasteiger partial charge in [0.25, 0.3) is 5.91 Å². The third kappa shape index (κ3) is 3.35. The molecular weight excluding hydrogens is 334 g/mol. The van der Waals surface area contributed by atoms with Crippen LogP contribution in [0.15, 0.2) is 47.4 Å².